The summed E-state index contributed by atoms with van der Waals surface area (Å²) in [4.78, 5) is 13.2. The third-order valence-electron chi connectivity index (χ3n) is 2.93. The zero-order valence-corrected chi connectivity index (χ0v) is 11.3. The van der Waals surface area contributed by atoms with Gasteiger partial charge in [0.25, 0.3) is 16.0 Å². The highest BCUT2D eigenvalue weighted by molar-refractivity contribution is 7.85. The number of ether oxygens (including phenoxy) is 1. The SMILES string of the molecule is N#Cc1ccc(C(=O)N2CCOCC2)cc1S(=O)(=O)O. The monoisotopic (exact) mass is 296 g/mol. The van der Waals surface area contributed by atoms with Crippen LogP contribution in [-0.2, 0) is 14.9 Å². The van der Waals surface area contributed by atoms with Crippen molar-refractivity contribution in [2.75, 3.05) is 26.3 Å². The van der Waals surface area contributed by atoms with Crippen LogP contribution in [0.3, 0.4) is 0 Å². The van der Waals surface area contributed by atoms with Gasteiger partial charge in [0.1, 0.15) is 11.0 Å². The molecule has 1 aliphatic heterocycles. The Balaban J connectivity index is 2.39. The first-order valence-corrected chi connectivity index (χ1v) is 7.26. The zero-order valence-electron chi connectivity index (χ0n) is 10.4. The van der Waals surface area contributed by atoms with E-state index in [-0.39, 0.29) is 17.0 Å². The van der Waals surface area contributed by atoms with Crippen LogP contribution in [0.2, 0.25) is 0 Å². The predicted molar refractivity (Wildman–Crippen MR) is 67.7 cm³/mol. The molecule has 2 rings (SSSR count). The Morgan fingerprint density at radius 2 is 2.00 bits per heavy atom. The van der Waals surface area contributed by atoms with Crippen LogP contribution in [0.15, 0.2) is 23.1 Å². The summed E-state index contributed by atoms with van der Waals surface area (Å²) in [7, 11) is -4.55. The fourth-order valence-corrected chi connectivity index (χ4v) is 2.58. The van der Waals surface area contributed by atoms with E-state index in [1.807, 2.05) is 0 Å². The molecular formula is C12H12N2O5S. The van der Waals surface area contributed by atoms with Gasteiger partial charge < -0.3 is 9.64 Å². The maximum Gasteiger partial charge on any atom is 0.295 e. The Morgan fingerprint density at radius 1 is 1.35 bits per heavy atom. The number of amides is 1. The molecule has 0 atom stereocenters. The van der Waals surface area contributed by atoms with Gasteiger partial charge in [-0.1, -0.05) is 0 Å². The molecule has 0 saturated carbocycles. The van der Waals surface area contributed by atoms with E-state index in [0.717, 1.165) is 6.07 Å². The number of rotatable bonds is 2. The fourth-order valence-electron chi connectivity index (χ4n) is 1.91. The summed E-state index contributed by atoms with van der Waals surface area (Å²) in [6, 6.07) is 5.25. The molecule has 0 bridgehead atoms. The van der Waals surface area contributed by atoms with E-state index in [2.05, 4.69) is 0 Å². The second kappa shape index (κ2) is 5.58. The molecule has 0 spiro atoms. The van der Waals surface area contributed by atoms with Crippen LogP contribution in [-0.4, -0.2) is 50.1 Å². The quantitative estimate of drug-likeness (QED) is 0.785. The summed E-state index contributed by atoms with van der Waals surface area (Å²) in [5.74, 6) is -0.359. The van der Waals surface area contributed by atoms with Crippen LogP contribution < -0.4 is 0 Å². The van der Waals surface area contributed by atoms with Gasteiger partial charge in [0.2, 0.25) is 0 Å². The van der Waals surface area contributed by atoms with Gasteiger partial charge in [0.05, 0.1) is 18.8 Å². The third kappa shape index (κ3) is 2.96. The molecule has 1 aromatic rings. The molecule has 7 nitrogen and oxygen atoms in total. The van der Waals surface area contributed by atoms with Gasteiger partial charge in [0, 0.05) is 18.7 Å². The van der Waals surface area contributed by atoms with Crippen molar-refractivity contribution >= 4 is 16.0 Å². The predicted octanol–water partition coefficient (Wildman–Crippen LogP) is 0.277. The number of nitrogens with zero attached hydrogens (tertiary/aromatic N) is 2. The average molecular weight is 296 g/mol. The third-order valence-corrected chi connectivity index (χ3v) is 3.82. The summed E-state index contributed by atoms with van der Waals surface area (Å²) in [5, 5.41) is 8.82. The Morgan fingerprint density at radius 3 is 2.55 bits per heavy atom. The van der Waals surface area contributed by atoms with Crippen LogP contribution in [0.5, 0.6) is 0 Å². The number of benzene rings is 1. The van der Waals surface area contributed by atoms with Crippen LogP contribution in [0.1, 0.15) is 15.9 Å². The molecule has 1 fully saturated rings. The molecule has 1 saturated heterocycles. The average Bonchev–Trinajstić information content (AvgIpc) is 2.46. The number of morpholine rings is 1. The van der Waals surface area contributed by atoms with Crippen LogP contribution in [0.4, 0.5) is 0 Å². The Labute approximate surface area is 116 Å². The van der Waals surface area contributed by atoms with Crippen LogP contribution in [0.25, 0.3) is 0 Å². The second-order valence-corrected chi connectivity index (χ2v) is 5.59. The van der Waals surface area contributed by atoms with Crippen LogP contribution >= 0.6 is 0 Å². The molecule has 0 radical (unpaired) electrons. The van der Waals surface area contributed by atoms with Crippen molar-refractivity contribution in [2.45, 2.75) is 4.90 Å². The van der Waals surface area contributed by atoms with Gasteiger partial charge in [-0.15, -0.1) is 0 Å². The fraction of sp³-hybridized carbons (Fsp3) is 0.333. The molecule has 0 aliphatic carbocycles. The number of carbonyl (C=O) groups excluding carboxylic acids is 1. The van der Waals surface area contributed by atoms with Gasteiger partial charge in [0.15, 0.2) is 0 Å². The van der Waals surface area contributed by atoms with E-state index in [1.165, 1.54) is 17.0 Å². The highest BCUT2D eigenvalue weighted by Gasteiger charge is 2.22. The number of nitriles is 1. The summed E-state index contributed by atoms with van der Waals surface area (Å²) >= 11 is 0. The van der Waals surface area contributed by atoms with Gasteiger partial charge in [-0.05, 0) is 18.2 Å². The van der Waals surface area contributed by atoms with E-state index < -0.39 is 15.0 Å². The molecule has 1 heterocycles. The van der Waals surface area contributed by atoms with E-state index in [1.54, 1.807) is 6.07 Å². The minimum atomic E-state index is -4.55. The van der Waals surface area contributed by atoms with Crippen molar-refractivity contribution in [1.29, 1.82) is 5.26 Å². The molecule has 1 N–H and O–H groups in total. The number of hydrogen-bond donors (Lipinski definition) is 1. The highest BCUT2D eigenvalue weighted by atomic mass is 32.2. The van der Waals surface area contributed by atoms with Gasteiger partial charge in [-0.3, -0.25) is 9.35 Å². The largest absolute Gasteiger partial charge is 0.378 e. The lowest BCUT2D eigenvalue weighted by Gasteiger charge is -2.27. The summed E-state index contributed by atoms with van der Waals surface area (Å²) in [6.45, 7) is 1.68. The van der Waals surface area contributed by atoms with Crippen molar-refractivity contribution < 1.29 is 22.5 Å². The van der Waals surface area contributed by atoms with Crippen molar-refractivity contribution in [2.24, 2.45) is 0 Å². The maximum atomic E-state index is 12.2. The summed E-state index contributed by atoms with van der Waals surface area (Å²) in [5.41, 5.74) is -0.0930. The maximum absolute atomic E-state index is 12.2. The van der Waals surface area contributed by atoms with Gasteiger partial charge in [-0.2, -0.15) is 13.7 Å². The molecule has 0 unspecified atom stereocenters. The Hall–Kier alpha value is -1.95. The van der Waals surface area contributed by atoms with Crippen molar-refractivity contribution in [3.8, 4) is 6.07 Å². The molecule has 106 valence electrons. The molecule has 1 aromatic carbocycles. The molecule has 1 amide bonds. The summed E-state index contributed by atoms with van der Waals surface area (Å²) < 4.78 is 36.7. The van der Waals surface area contributed by atoms with E-state index in [4.69, 9.17) is 14.6 Å². The lowest BCUT2D eigenvalue weighted by Crippen LogP contribution is -2.40. The normalized spacial score (nSPS) is 15.7. The first-order chi connectivity index (χ1) is 9.43. The topological polar surface area (TPSA) is 108 Å². The standard InChI is InChI=1S/C12H12N2O5S/c13-8-10-2-1-9(7-11(10)20(16,17)18)12(15)14-3-5-19-6-4-14/h1-2,7H,3-6H2,(H,16,17,18). The van der Waals surface area contributed by atoms with Crippen molar-refractivity contribution in [1.82, 2.24) is 4.90 Å². The zero-order chi connectivity index (χ0) is 14.8. The molecule has 20 heavy (non-hydrogen) atoms. The Bertz CT molecular complexity index is 672. The molecular weight excluding hydrogens is 284 g/mol. The lowest BCUT2D eigenvalue weighted by molar-refractivity contribution is 0.0302. The second-order valence-electron chi connectivity index (χ2n) is 4.20. The molecule has 1 aliphatic rings. The minimum absolute atomic E-state index is 0.110. The highest BCUT2D eigenvalue weighted by Crippen LogP contribution is 2.18. The smallest absolute Gasteiger partial charge is 0.295 e. The number of carbonyl (C=O) groups is 1. The summed E-state index contributed by atoms with van der Waals surface area (Å²) in [6.07, 6.45) is 0. The van der Waals surface area contributed by atoms with Gasteiger partial charge >= 0.3 is 0 Å². The first-order valence-electron chi connectivity index (χ1n) is 5.82. The van der Waals surface area contributed by atoms with E-state index in [9.17, 15) is 13.2 Å². The first kappa shape index (κ1) is 14.5. The van der Waals surface area contributed by atoms with E-state index >= 15 is 0 Å². The molecule has 8 heteroatoms. The Kier molecular flexibility index (Phi) is 4.04. The van der Waals surface area contributed by atoms with Crippen molar-refractivity contribution in [3.63, 3.8) is 0 Å². The van der Waals surface area contributed by atoms with E-state index in [0.29, 0.717) is 26.3 Å². The van der Waals surface area contributed by atoms with Crippen molar-refractivity contribution in [3.05, 3.63) is 29.3 Å². The number of hydrogen-bond acceptors (Lipinski definition) is 5. The minimum Gasteiger partial charge on any atom is -0.378 e. The lowest BCUT2D eigenvalue weighted by atomic mass is 10.1. The van der Waals surface area contributed by atoms with Crippen LogP contribution in [0, 0.1) is 11.3 Å². The molecule has 0 aromatic heterocycles. The van der Waals surface area contributed by atoms with Gasteiger partial charge in [-0.25, -0.2) is 0 Å².